The van der Waals surface area contributed by atoms with Crippen LogP contribution in [0, 0.1) is 0 Å². The summed E-state index contributed by atoms with van der Waals surface area (Å²) in [5.41, 5.74) is -1.52. The van der Waals surface area contributed by atoms with Gasteiger partial charge in [-0.05, 0) is 12.1 Å². The van der Waals surface area contributed by atoms with Crippen molar-refractivity contribution < 1.29 is 22.8 Å². The molecular weight excluding hydrogens is 311 g/mol. The molecule has 5 nitrogen and oxygen atoms in total. The minimum atomic E-state index is -4.64. The number of hydrogen-bond acceptors (Lipinski definition) is 3. The van der Waals surface area contributed by atoms with Crippen molar-refractivity contribution >= 4 is 29.1 Å². The van der Waals surface area contributed by atoms with Crippen molar-refractivity contribution in [3.8, 4) is 0 Å². The van der Waals surface area contributed by atoms with Crippen molar-refractivity contribution in [3.63, 3.8) is 0 Å². The van der Waals surface area contributed by atoms with Crippen LogP contribution >= 0.6 is 11.6 Å². The van der Waals surface area contributed by atoms with Gasteiger partial charge in [0.2, 0.25) is 11.8 Å². The normalized spacial score (nSPS) is 19.0. The summed E-state index contributed by atoms with van der Waals surface area (Å²) >= 11 is 5.74. The monoisotopic (exact) mass is 321 g/mol. The first-order chi connectivity index (χ1) is 9.79. The number of carbonyl (C=O) groups excluding carboxylic acids is 2. The van der Waals surface area contributed by atoms with Crippen LogP contribution in [-0.2, 0) is 15.8 Å². The van der Waals surface area contributed by atoms with Crippen LogP contribution in [0.2, 0.25) is 5.02 Å². The summed E-state index contributed by atoms with van der Waals surface area (Å²) in [5, 5.41) is 7.01. The standard InChI is InChI=1S/C12H11ClF3N3O2/c13-7-3-1-2-6(12(14,15)16)10(7)19-11(21)8-4-18-9(20)5-17-8/h1-3,8,17H,4-5H2,(H,18,20)(H,19,21). The molecule has 114 valence electrons. The maximum absolute atomic E-state index is 12.9. The fourth-order valence-corrected chi connectivity index (χ4v) is 2.07. The van der Waals surface area contributed by atoms with Crippen molar-refractivity contribution in [3.05, 3.63) is 28.8 Å². The van der Waals surface area contributed by atoms with E-state index in [1.807, 2.05) is 0 Å². The molecule has 0 spiro atoms. The molecule has 9 heteroatoms. The predicted octanol–water partition coefficient (Wildman–Crippen LogP) is 1.39. The maximum atomic E-state index is 12.9. The summed E-state index contributed by atoms with van der Waals surface area (Å²) in [5.74, 6) is -0.985. The van der Waals surface area contributed by atoms with Crippen LogP contribution in [0.3, 0.4) is 0 Å². The van der Waals surface area contributed by atoms with Crippen molar-refractivity contribution in [1.29, 1.82) is 0 Å². The topological polar surface area (TPSA) is 70.2 Å². The maximum Gasteiger partial charge on any atom is 0.418 e. The fraction of sp³-hybridized carbons (Fsp3) is 0.333. The summed E-state index contributed by atoms with van der Waals surface area (Å²) in [7, 11) is 0. The highest BCUT2D eigenvalue weighted by Crippen LogP contribution is 2.38. The van der Waals surface area contributed by atoms with Gasteiger partial charge in [-0.3, -0.25) is 14.9 Å². The SMILES string of the molecule is O=C1CNC(C(=O)Nc2c(Cl)cccc2C(F)(F)F)CN1. The number of piperazine rings is 1. The van der Waals surface area contributed by atoms with E-state index in [4.69, 9.17) is 11.6 Å². The van der Waals surface area contributed by atoms with E-state index < -0.39 is 29.4 Å². The van der Waals surface area contributed by atoms with Crippen molar-refractivity contribution in [2.24, 2.45) is 0 Å². The summed E-state index contributed by atoms with van der Waals surface area (Å²) in [6.07, 6.45) is -4.64. The van der Waals surface area contributed by atoms with Gasteiger partial charge in [0.05, 0.1) is 22.8 Å². The van der Waals surface area contributed by atoms with Gasteiger partial charge < -0.3 is 10.6 Å². The minimum Gasteiger partial charge on any atom is -0.353 e. The number of para-hydroxylation sites is 1. The Morgan fingerprint density at radius 1 is 1.38 bits per heavy atom. The molecule has 0 saturated carbocycles. The first kappa shape index (κ1) is 15.6. The van der Waals surface area contributed by atoms with Crippen LogP contribution in [0.5, 0.6) is 0 Å². The molecule has 1 heterocycles. The second-order valence-corrected chi connectivity index (χ2v) is 4.79. The van der Waals surface area contributed by atoms with Crippen molar-refractivity contribution in [2.75, 3.05) is 18.4 Å². The number of anilines is 1. The van der Waals surface area contributed by atoms with Crippen LogP contribution in [-0.4, -0.2) is 30.9 Å². The molecule has 0 bridgehead atoms. The van der Waals surface area contributed by atoms with Crippen molar-refractivity contribution in [1.82, 2.24) is 10.6 Å². The number of hydrogen-bond donors (Lipinski definition) is 3. The van der Waals surface area contributed by atoms with E-state index >= 15 is 0 Å². The zero-order valence-electron chi connectivity index (χ0n) is 10.6. The van der Waals surface area contributed by atoms with E-state index in [1.54, 1.807) is 0 Å². The lowest BCUT2D eigenvalue weighted by Gasteiger charge is -2.24. The van der Waals surface area contributed by atoms with E-state index in [0.29, 0.717) is 0 Å². The number of rotatable bonds is 2. The number of carbonyl (C=O) groups is 2. The highest BCUT2D eigenvalue weighted by molar-refractivity contribution is 6.34. The number of benzene rings is 1. The van der Waals surface area contributed by atoms with Crippen LogP contribution < -0.4 is 16.0 Å². The third-order valence-corrected chi connectivity index (χ3v) is 3.21. The zero-order chi connectivity index (χ0) is 15.6. The van der Waals surface area contributed by atoms with Crippen molar-refractivity contribution in [2.45, 2.75) is 12.2 Å². The van der Waals surface area contributed by atoms with Crippen LogP contribution in [0.25, 0.3) is 0 Å². The summed E-state index contributed by atoms with van der Waals surface area (Å²) in [4.78, 5) is 22.9. The first-order valence-corrected chi connectivity index (χ1v) is 6.33. The number of halogens is 4. The lowest BCUT2D eigenvalue weighted by atomic mass is 10.1. The smallest absolute Gasteiger partial charge is 0.353 e. The van der Waals surface area contributed by atoms with E-state index in [2.05, 4.69) is 16.0 Å². The third kappa shape index (κ3) is 3.64. The Balaban J connectivity index is 2.19. The predicted molar refractivity (Wildman–Crippen MR) is 69.9 cm³/mol. The lowest BCUT2D eigenvalue weighted by Crippen LogP contribution is -2.56. The van der Waals surface area contributed by atoms with E-state index in [1.165, 1.54) is 6.07 Å². The van der Waals surface area contributed by atoms with Gasteiger partial charge in [-0.15, -0.1) is 0 Å². The van der Waals surface area contributed by atoms with E-state index in [0.717, 1.165) is 12.1 Å². The first-order valence-electron chi connectivity index (χ1n) is 5.95. The van der Waals surface area contributed by atoms with Gasteiger partial charge in [-0.25, -0.2) is 0 Å². The number of nitrogens with one attached hydrogen (secondary N) is 3. The molecule has 0 aromatic heterocycles. The Labute approximate surface area is 122 Å². The molecule has 2 amide bonds. The van der Waals surface area contributed by atoms with Gasteiger partial charge in [0, 0.05) is 6.54 Å². The largest absolute Gasteiger partial charge is 0.418 e. The molecule has 2 rings (SSSR count). The molecule has 21 heavy (non-hydrogen) atoms. The summed E-state index contributed by atoms with van der Waals surface area (Å²) in [6, 6.07) is 2.42. The fourth-order valence-electron chi connectivity index (χ4n) is 1.85. The molecule has 1 unspecified atom stereocenters. The Morgan fingerprint density at radius 2 is 2.10 bits per heavy atom. The third-order valence-electron chi connectivity index (χ3n) is 2.90. The molecule has 1 fully saturated rings. The zero-order valence-corrected chi connectivity index (χ0v) is 11.3. The van der Waals surface area contributed by atoms with Gasteiger partial charge in [0.15, 0.2) is 0 Å². The molecular formula is C12H11ClF3N3O2. The Hall–Kier alpha value is -1.80. The minimum absolute atomic E-state index is 0.00350. The Kier molecular flexibility index (Phi) is 4.38. The molecule has 0 radical (unpaired) electrons. The molecule has 1 aromatic rings. The summed E-state index contributed by atoms with van der Waals surface area (Å²) < 4.78 is 38.7. The van der Waals surface area contributed by atoms with Gasteiger partial charge >= 0.3 is 6.18 Å². The number of alkyl halides is 3. The van der Waals surface area contributed by atoms with Gasteiger partial charge in [-0.1, -0.05) is 17.7 Å². The van der Waals surface area contributed by atoms with E-state index in [-0.39, 0.29) is 24.0 Å². The quantitative estimate of drug-likeness (QED) is 0.771. The van der Waals surface area contributed by atoms with E-state index in [9.17, 15) is 22.8 Å². The average Bonchev–Trinajstić information content (AvgIpc) is 2.40. The lowest BCUT2D eigenvalue weighted by molar-refractivity contribution is -0.137. The average molecular weight is 322 g/mol. The summed E-state index contributed by atoms with van der Waals surface area (Å²) in [6.45, 7) is -0.0802. The van der Waals surface area contributed by atoms with Gasteiger partial charge in [0.1, 0.15) is 6.04 Å². The highest BCUT2D eigenvalue weighted by Gasteiger charge is 2.35. The van der Waals surface area contributed by atoms with Crippen LogP contribution in [0.4, 0.5) is 18.9 Å². The van der Waals surface area contributed by atoms with Crippen LogP contribution in [0.1, 0.15) is 5.56 Å². The molecule has 0 aliphatic carbocycles. The molecule has 1 aliphatic heterocycles. The molecule has 1 aliphatic rings. The Bertz CT molecular complexity index is 567. The molecule has 1 atom stereocenters. The Morgan fingerprint density at radius 3 is 2.67 bits per heavy atom. The second kappa shape index (κ2) is 5.90. The van der Waals surface area contributed by atoms with Gasteiger partial charge in [-0.2, -0.15) is 13.2 Å². The molecule has 1 aromatic carbocycles. The number of amides is 2. The molecule has 3 N–H and O–H groups in total. The molecule has 1 saturated heterocycles. The van der Waals surface area contributed by atoms with Gasteiger partial charge in [0.25, 0.3) is 0 Å². The second-order valence-electron chi connectivity index (χ2n) is 4.39. The van der Waals surface area contributed by atoms with Crippen LogP contribution in [0.15, 0.2) is 18.2 Å². The highest BCUT2D eigenvalue weighted by atomic mass is 35.5.